The molecule has 0 saturated heterocycles. The summed E-state index contributed by atoms with van der Waals surface area (Å²) in [5.41, 5.74) is 7.50. The largest absolute Gasteiger partial charge is 0.437 e. The molecule has 1 N–H and O–H groups in total. The molecule has 0 spiro atoms. The lowest BCUT2D eigenvalue weighted by atomic mass is 10.0. The fourth-order valence-corrected chi connectivity index (χ4v) is 2.89. The molecule has 4 rings (SSSR count). The molecule has 19 heavy (non-hydrogen) atoms. The summed E-state index contributed by atoms with van der Waals surface area (Å²) < 4.78 is 5.16. The van der Waals surface area contributed by atoms with Crippen LogP contribution in [0.3, 0.4) is 0 Å². The second-order valence-corrected chi connectivity index (χ2v) is 5.14. The summed E-state index contributed by atoms with van der Waals surface area (Å²) in [5, 5.41) is 0. The van der Waals surface area contributed by atoms with Gasteiger partial charge in [0.1, 0.15) is 6.26 Å². The molecule has 1 aromatic heterocycles. The summed E-state index contributed by atoms with van der Waals surface area (Å²) in [6, 6.07) is 15.1. The van der Waals surface area contributed by atoms with Crippen LogP contribution in [0.1, 0.15) is 11.1 Å². The number of fused-ring (bicyclic) bond motifs is 3. The molecule has 0 saturated carbocycles. The zero-order chi connectivity index (χ0) is 12.8. The van der Waals surface area contributed by atoms with Crippen molar-refractivity contribution in [1.29, 1.82) is 0 Å². The Morgan fingerprint density at radius 3 is 2.68 bits per heavy atom. The lowest BCUT2D eigenvalue weighted by Crippen LogP contribution is -1.83. The van der Waals surface area contributed by atoms with Gasteiger partial charge in [-0.15, -0.1) is 0 Å². The lowest BCUT2D eigenvalue weighted by Gasteiger charge is -2.03. The predicted molar refractivity (Wildman–Crippen MR) is 77.6 cm³/mol. The van der Waals surface area contributed by atoms with E-state index in [1.54, 1.807) is 6.26 Å². The summed E-state index contributed by atoms with van der Waals surface area (Å²) in [5.74, 6) is 0. The third-order valence-electron chi connectivity index (χ3n) is 3.63. The lowest BCUT2D eigenvalue weighted by molar-refractivity contribution is 0.541. The van der Waals surface area contributed by atoms with Crippen LogP contribution >= 0.6 is 12.2 Å². The molecular weight excluding hydrogens is 254 g/mol. The highest BCUT2D eigenvalue weighted by atomic mass is 32.1. The van der Waals surface area contributed by atoms with Gasteiger partial charge < -0.3 is 9.40 Å². The zero-order valence-corrected chi connectivity index (χ0v) is 11.0. The van der Waals surface area contributed by atoms with E-state index in [-0.39, 0.29) is 0 Å². The number of nitrogens with one attached hydrogen (secondary N) is 1. The monoisotopic (exact) mass is 265 g/mol. The fraction of sp³-hybridized carbons (Fsp3) is 0.0625. The normalized spacial score (nSPS) is 12.2. The van der Waals surface area contributed by atoms with E-state index >= 15 is 0 Å². The number of aromatic amines is 1. The van der Waals surface area contributed by atoms with Crippen LogP contribution in [-0.4, -0.2) is 4.98 Å². The molecule has 0 bridgehead atoms. The van der Waals surface area contributed by atoms with Crippen molar-refractivity contribution in [3.8, 4) is 22.4 Å². The summed E-state index contributed by atoms with van der Waals surface area (Å²) in [6.45, 7) is 0. The average Bonchev–Trinajstić information content (AvgIpc) is 3.01. The van der Waals surface area contributed by atoms with Gasteiger partial charge in [-0.05, 0) is 47.0 Å². The van der Waals surface area contributed by atoms with Crippen molar-refractivity contribution in [3.05, 3.63) is 64.7 Å². The molecule has 0 amide bonds. The van der Waals surface area contributed by atoms with Gasteiger partial charge in [0.05, 0.1) is 5.69 Å². The minimum atomic E-state index is 0.416. The highest BCUT2D eigenvalue weighted by Crippen LogP contribution is 2.38. The van der Waals surface area contributed by atoms with Crippen LogP contribution in [0.2, 0.25) is 0 Å². The van der Waals surface area contributed by atoms with Crippen molar-refractivity contribution in [3.63, 3.8) is 0 Å². The first-order valence-corrected chi connectivity index (χ1v) is 6.61. The Hall–Kier alpha value is -2.13. The van der Waals surface area contributed by atoms with Gasteiger partial charge in [0, 0.05) is 5.56 Å². The van der Waals surface area contributed by atoms with Crippen molar-refractivity contribution >= 4 is 12.2 Å². The average molecular weight is 265 g/mol. The minimum Gasteiger partial charge on any atom is -0.437 e. The molecule has 92 valence electrons. The van der Waals surface area contributed by atoms with Crippen LogP contribution in [-0.2, 0) is 6.42 Å². The van der Waals surface area contributed by atoms with Gasteiger partial charge in [0.15, 0.2) is 0 Å². The minimum absolute atomic E-state index is 0.416. The molecule has 0 aliphatic heterocycles. The van der Waals surface area contributed by atoms with Crippen molar-refractivity contribution < 1.29 is 4.42 Å². The van der Waals surface area contributed by atoms with Crippen molar-refractivity contribution in [2.45, 2.75) is 6.42 Å². The number of oxazole rings is 1. The van der Waals surface area contributed by atoms with E-state index in [1.807, 2.05) is 0 Å². The Morgan fingerprint density at radius 1 is 1.00 bits per heavy atom. The van der Waals surface area contributed by atoms with Gasteiger partial charge in [-0.1, -0.05) is 36.4 Å². The quantitative estimate of drug-likeness (QED) is 0.510. The van der Waals surface area contributed by atoms with Crippen molar-refractivity contribution in [2.24, 2.45) is 0 Å². The van der Waals surface area contributed by atoms with Gasteiger partial charge in [-0.2, -0.15) is 0 Å². The highest BCUT2D eigenvalue weighted by molar-refractivity contribution is 7.71. The molecule has 1 heterocycles. The predicted octanol–water partition coefficient (Wildman–Crippen LogP) is 4.58. The van der Waals surface area contributed by atoms with E-state index in [4.69, 9.17) is 16.6 Å². The maximum Gasteiger partial charge on any atom is 0.266 e. The molecule has 2 aromatic carbocycles. The maximum atomic E-state index is 5.16. The number of hydrogen-bond donors (Lipinski definition) is 1. The second-order valence-electron chi connectivity index (χ2n) is 4.77. The molecule has 2 nitrogen and oxygen atoms in total. The Morgan fingerprint density at radius 2 is 1.84 bits per heavy atom. The van der Waals surface area contributed by atoms with Gasteiger partial charge in [0.25, 0.3) is 4.84 Å². The molecule has 0 radical (unpaired) electrons. The Bertz CT molecular complexity index is 829. The topological polar surface area (TPSA) is 28.9 Å². The first kappa shape index (κ1) is 10.8. The molecule has 0 fully saturated rings. The van der Waals surface area contributed by atoms with Crippen LogP contribution in [0, 0.1) is 4.84 Å². The number of hydrogen-bond acceptors (Lipinski definition) is 2. The number of aromatic nitrogens is 1. The third kappa shape index (κ3) is 1.66. The van der Waals surface area contributed by atoms with E-state index in [0.717, 1.165) is 17.7 Å². The Kier molecular flexibility index (Phi) is 2.23. The number of rotatable bonds is 1. The van der Waals surface area contributed by atoms with E-state index in [1.165, 1.54) is 22.3 Å². The zero-order valence-electron chi connectivity index (χ0n) is 10.1. The van der Waals surface area contributed by atoms with Crippen LogP contribution in [0.5, 0.6) is 0 Å². The highest BCUT2D eigenvalue weighted by Gasteiger charge is 2.18. The molecule has 0 unspecified atom stereocenters. The van der Waals surface area contributed by atoms with Crippen LogP contribution in [0.25, 0.3) is 22.4 Å². The summed E-state index contributed by atoms with van der Waals surface area (Å²) in [7, 11) is 0. The number of H-pyrrole nitrogens is 1. The molecule has 1 aliphatic rings. The Labute approximate surface area is 115 Å². The maximum absolute atomic E-state index is 5.16. The van der Waals surface area contributed by atoms with E-state index in [9.17, 15) is 0 Å². The first-order valence-electron chi connectivity index (χ1n) is 6.21. The van der Waals surface area contributed by atoms with Crippen LogP contribution < -0.4 is 0 Å². The van der Waals surface area contributed by atoms with Gasteiger partial charge in [-0.25, -0.2) is 0 Å². The standard InChI is InChI=1S/C16H11NOS/c19-16-17-15(9-18-16)11-5-6-14-12(8-11)7-10-3-1-2-4-13(10)14/h1-6,8-9H,7H2,(H,17,19). The van der Waals surface area contributed by atoms with Crippen LogP contribution in [0.15, 0.2) is 53.1 Å². The first-order chi connectivity index (χ1) is 9.31. The van der Waals surface area contributed by atoms with Crippen LogP contribution in [0.4, 0.5) is 0 Å². The van der Waals surface area contributed by atoms with Gasteiger partial charge in [-0.3, -0.25) is 0 Å². The summed E-state index contributed by atoms with van der Waals surface area (Å²) in [4.78, 5) is 3.47. The fourth-order valence-electron chi connectivity index (χ4n) is 2.73. The molecule has 0 atom stereocenters. The van der Waals surface area contributed by atoms with Gasteiger partial charge >= 0.3 is 0 Å². The van der Waals surface area contributed by atoms with Crippen molar-refractivity contribution in [1.82, 2.24) is 4.98 Å². The van der Waals surface area contributed by atoms with E-state index in [2.05, 4.69) is 47.4 Å². The second kappa shape index (κ2) is 3.93. The van der Waals surface area contributed by atoms with Crippen molar-refractivity contribution in [2.75, 3.05) is 0 Å². The SMILES string of the molecule is S=c1[nH]c(-c2ccc3c(c2)Cc2ccccc2-3)co1. The smallest absolute Gasteiger partial charge is 0.266 e. The third-order valence-corrected chi connectivity index (χ3v) is 3.82. The Balaban J connectivity index is 1.86. The van der Waals surface area contributed by atoms with E-state index in [0.29, 0.717) is 4.84 Å². The summed E-state index contributed by atoms with van der Waals surface area (Å²) >= 11 is 4.97. The molecule has 1 aliphatic carbocycles. The van der Waals surface area contributed by atoms with E-state index < -0.39 is 0 Å². The van der Waals surface area contributed by atoms with Gasteiger partial charge in [0.2, 0.25) is 0 Å². The molecule has 3 heteroatoms. The number of benzene rings is 2. The molecule has 3 aromatic rings. The molecular formula is C16H11NOS. The summed E-state index contributed by atoms with van der Waals surface area (Å²) in [6.07, 6.45) is 2.67.